The second kappa shape index (κ2) is 3.31. The first-order valence-corrected chi connectivity index (χ1v) is 5.68. The minimum atomic E-state index is 0.311. The quantitative estimate of drug-likeness (QED) is 0.881. The number of rotatable bonds is 2. The predicted molar refractivity (Wildman–Crippen MR) is 61.0 cm³/mol. The highest BCUT2D eigenvalue weighted by Gasteiger charge is 2.58. The lowest BCUT2D eigenvalue weighted by Gasteiger charge is -2.03. The first-order valence-electron chi connectivity index (χ1n) is 4.89. The average molecular weight is 255 g/mol. The van der Waals surface area contributed by atoms with Crippen LogP contribution in [0.3, 0.4) is 0 Å². The summed E-state index contributed by atoms with van der Waals surface area (Å²) in [5.74, 6) is 1.09. The van der Waals surface area contributed by atoms with E-state index in [9.17, 15) is 0 Å². The van der Waals surface area contributed by atoms with Crippen LogP contribution in [-0.2, 0) is 0 Å². The lowest BCUT2D eigenvalue weighted by atomic mass is 10.1. The van der Waals surface area contributed by atoms with Gasteiger partial charge < -0.3 is 5.73 Å². The van der Waals surface area contributed by atoms with Crippen LogP contribution < -0.4 is 5.73 Å². The van der Waals surface area contributed by atoms with Crippen molar-refractivity contribution in [2.45, 2.75) is 19.8 Å². The van der Waals surface area contributed by atoms with Gasteiger partial charge in [0.2, 0.25) is 0 Å². The third kappa shape index (κ3) is 1.39. The summed E-state index contributed by atoms with van der Waals surface area (Å²) in [6, 6.07) is 3.99. The maximum absolute atomic E-state index is 5.74. The van der Waals surface area contributed by atoms with Crippen LogP contribution in [-0.4, -0.2) is 11.5 Å². The Hall–Kier alpha value is -0.410. The van der Waals surface area contributed by atoms with Crippen molar-refractivity contribution in [1.82, 2.24) is 4.98 Å². The third-order valence-electron chi connectivity index (χ3n) is 3.39. The first kappa shape index (κ1) is 10.1. The number of hydrogen-bond donors (Lipinski definition) is 1. The molecule has 0 aromatic carbocycles. The zero-order chi connectivity index (χ0) is 10.3. The SMILES string of the molecule is CC1(C)[C@@H](CN)[C@@H]1c1ncccc1Br. The molecule has 0 radical (unpaired) electrons. The van der Waals surface area contributed by atoms with Gasteiger partial charge in [-0.25, -0.2) is 0 Å². The zero-order valence-corrected chi connectivity index (χ0v) is 10.1. The van der Waals surface area contributed by atoms with E-state index < -0.39 is 0 Å². The van der Waals surface area contributed by atoms with Crippen molar-refractivity contribution in [3.05, 3.63) is 28.5 Å². The molecule has 1 aromatic rings. The second-order valence-corrected chi connectivity index (χ2v) is 5.37. The summed E-state index contributed by atoms with van der Waals surface area (Å²) in [5.41, 5.74) is 7.22. The molecule has 1 saturated carbocycles. The van der Waals surface area contributed by atoms with Crippen molar-refractivity contribution < 1.29 is 0 Å². The Balaban J connectivity index is 2.31. The molecule has 3 heteroatoms. The molecule has 1 fully saturated rings. The Labute approximate surface area is 93.0 Å². The van der Waals surface area contributed by atoms with E-state index in [-0.39, 0.29) is 0 Å². The van der Waals surface area contributed by atoms with Gasteiger partial charge in [-0.1, -0.05) is 13.8 Å². The standard InChI is InChI=1S/C11H15BrN2/c1-11(2)7(6-13)9(11)10-8(12)4-3-5-14-10/h3-5,7,9H,6,13H2,1-2H3/t7-,9+/m0/s1. The van der Waals surface area contributed by atoms with Gasteiger partial charge in [0.15, 0.2) is 0 Å². The molecule has 1 aliphatic rings. The van der Waals surface area contributed by atoms with Gasteiger partial charge in [-0.2, -0.15) is 0 Å². The average Bonchev–Trinajstić information content (AvgIpc) is 2.69. The van der Waals surface area contributed by atoms with Gasteiger partial charge in [-0.15, -0.1) is 0 Å². The molecule has 2 nitrogen and oxygen atoms in total. The number of aromatic nitrogens is 1. The zero-order valence-electron chi connectivity index (χ0n) is 8.50. The minimum absolute atomic E-state index is 0.311. The highest BCUT2D eigenvalue weighted by molar-refractivity contribution is 9.10. The minimum Gasteiger partial charge on any atom is -0.330 e. The van der Waals surface area contributed by atoms with Crippen LogP contribution in [0.5, 0.6) is 0 Å². The molecule has 0 bridgehead atoms. The van der Waals surface area contributed by atoms with Crippen LogP contribution in [0, 0.1) is 11.3 Å². The summed E-state index contributed by atoms with van der Waals surface area (Å²) >= 11 is 3.54. The fraction of sp³-hybridized carbons (Fsp3) is 0.545. The van der Waals surface area contributed by atoms with Crippen molar-refractivity contribution in [3.63, 3.8) is 0 Å². The second-order valence-electron chi connectivity index (χ2n) is 4.51. The van der Waals surface area contributed by atoms with Crippen LogP contribution >= 0.6 is 15.9 Å². The van der Waals surface area contributed by atoms with E-state index in [0.29, 0.717) is 17.3 Å². The van der Waals surface area contributed by atoms with E-state index in [1.54, 1.807) is 0 Å². The highest BCUT2D eigenvalue weighted by Crippen LogP contribution is 2.64. The van der Waals surface area contributed by atoms with Gasteiger partial charge in [0.25, 0.3) is 0 Å². The predicted octanol–water partition coefficient (Wildman–Crippen LogP) is 2.54. The Morgan fingerprint density at radius 2 is 2.29 bits per heavy atom. The van der Waals surface area contributed by atoms with Crippen molar-refractivity contribution in [3.8, 4) is 0 Å². The molecule has 1 aliphatic carbocycles. The third-order valence-corrected chi connectivity index (χ3v) is 4.06. The van der Waals surface area contributed by atoms with Gasteiger partial charge in [0, 0.05) is 16.6 Å². The molecule has 1 heterocycles. The van der Waals surface area contributed by atoms with Gasteiger partial charge >= 0.3 is 0 Å². The van der Waals surface area contributed by atoms with E-state index in [1.807, 2.05) is 18.3 Å². The number of hydrogen-bond acceptors (Lipinski definition) is 2. The van der Waals surface area contributed by atoms with E-state index in [0.717, 1.165) is 16.7 Å². The molecular weight excluding hydrogens is 240 g/mol. The molecule has 0 saturated heterocycles. The number of nitrogens with zero attached hydrogens (tertiary/aromatic N) is 1. The summed E-state index contributed by atoms with van der Waals surface area (Å²) in [6.07, 6.45) is 1.85. The van der Waals surface area contributed by atoms with Crippen LogP contribution in [0.15, 0.2) is 22.8 Å². The fourth-order valence-corrected chi connectivity index (χ4v) is 2.86. The van der Waals surface area contributed by atoms with Crippen molar-refractivity contribution in [2.24, 2.45) is 17.1 Å². The molecule has 2 rings (SSSR count). The first-order chi connectivity index (χ1) is 6.59. The molecule has 2 atom stereocenters. The summed E-state index contributed by atoms with van der Waals surface area (Å²) in [7, 11) is 0. The molecule has 0 spiro atoms. The molecule has 0 amide bonds. The molecule has 0 aliphatic heterocycles. The van der Waals surface area contributed by atoms with E-state index in [1.165, 1.54) is 0 Å². The van der Waals surface area contributed by atoms with E-state index in [4.69, 9.17) is 5.73 Å². The monoisotopic (exact) mass is 254 g/mol. The van der Waals surface area contributed by atoms with E-state index >= 15 is 0 Å². The van der Waals surface area contributed by atoms with Gasteiger partial charge in [-0.3, -0.25) is 4.98 Å². The largest absolute Gasteiger partial charge is 0.330 e. The van der Waals surface area contributed by atoms with Crippen molar-refractivity contribution in [2.75, 3.05) is 6.54 Å². The Bertz CT molecular complexity index is 349. The van der Waals surface area contributed by atoms with E-state index in [2.05, 4.69) is 34.8 Å². The summed E-state index contributed by atoms with van der Waals surface area (Å²) in [5, 5.41) is 0. The van der Waals surface area contributed by atoms with Crippen molar-refractivity contribution in [1.29, 1.82) is 0 Å². The number of halogens is 1. The summed E-state index contributed by atoms with van der Waals surface area (Å²) in [6.45, 7) is 5.27. The molecule has 2 N–H and O–H groups in total. The molecule has 76 valence electrons. The summed E-state index contributed by atoms with van der Waals surface area (Å²) in [4.78, 5) is 4.43. The normalized spacial score (nSPS) is 28.9. The maximum Gasteiger partial charge on any atom is 0.0585 e. The lowest BCUT2D eigenvalue weighted by Crippen LogP contribution is -2.05. The Kier molecular flexibility index (Phi) is 2.40. The van der Waals surface area contributed by atoms with Crippen molar-refractivity contribution >= 4 is 15.9 Å². The van der Waals surface area contributed by atoms with Gasteiger partial charge in [-0.05, 0) is 45.9 Å². The Morgan fingerprint density at radius 1 is 1.57 bits per heavy atom. The molecule has 0 unspecified atom stereocenters. The lowest BCUT2D eigenvalue weighted by molar-refractivity contribution is 0.557. The molecular formula is C11H15BrN2. The topological polar surface area (TPSA) is 38.9 Å². The maximum atomic E-state index is 5.74. The number of nitrogens with two attached hydrogens (primary N) is 1. The molecule has 1 aromatic heterocycles. The fourth-order valence-electron chi connectivity index (χ4n) is 2.35. The highest BCUT2D eigenvalue weighted by atomic mass is 79.9. The van der Waals surface area contributed by atoms with Crippen LogP contribution in [0.25, 0.3) is 0 Å². The molecule has 14 heavy (non-hydrogen) atoms. The summed E-state index contributed by atoms with van der Waals surface area (Å²) < 4.78 is 1.11. The Morgan fingerprint density at radius 3 is 2.79 bits per heavy atom. The van der Waals surface area contributed by atoms with Crippen LogP contribution in [0.2, 0.25) is 0 Å². The van der Waals surface area contributed by atoms with Crippen LogP contribution in [0.4, 0.5) is 0 Å². The van der Waals surface area contributed by atoms with Crippen LogP contribution in [0.1, 0.15) is 25.5 Å². The van der Waals surface area contributed by atoms with Gasteiger partial charge in [0.05, 0.1) is 5.69 Å². The smallest absolute Gasteiger partial charge is 0.0585 e. The van der Waals surface area contributed by atoms with Gasteiger partial charge in [0.1, 0.15) is 0 Å². The number of pyridine rings is 1.